The lowest BCUT2D eigenvalue weighted by molar-refractivity contribution is -0.141. The second kappa shape index (κ2) is 7.25. The van der Waals surface area contributed by atoms with Crippen LogP contribution in [-0.2, 0) is 11.2 Å². The van der Waals surface area contributed by atoms with E-state index in [0.29, 0.717) is 12.0 Å². The number of carboxylic acids is 1. The van der Waals surface area contributed by atoms with Crippen molar-refractivity contribution in [1.29, 1.82) is 0 Å². The van der Waals surface area contributed by atoms with E-state index in [2.05, 4.69) is 10.00 Å². The fourth-order valence-corrected chi connectivity index (χ4v) is 2.87. The first-order valence-corrected chi connectivity index (χ1v) is 8.35. The van der Waals surface area contributed by atoms with Gasteiger partial charge >= 0.3 is 5.97 Å². The van der Waals surface area contributed by atoms with Gasteiger partial charge in [0, 0.05) is 18.5 Å². The first-order chi connectivity index (χ1) is 10.8. The molecule has 6 heteroatoms. The predicted molar refractivity (Wildman–Crippen MR) is 88.9 cm³/mol. The van der Waals surface area contributed by atoms with Gasteiger partial charge in [0.05, 0.1) is 5.69 Å². The van der Waals surface area contributed by atoms with E-state index in [1.165, 1.54) is 11.1 Å². The van der Waals surface area contributed by atoms with E-state index in [1.54, 1.807) is 6.92 Å². The van der Waals surface area contributed by atoms with Gasteiger partial charge < -0.3 is 10.0 Å². The van der Waals surface area contributed by atoms with Gasteiger partial charge in [-0.1, -0.05) is 13.8 Å². The molecule has 1 fully saturated rings. The number of carboxylic acid groups (broad SMARTS) is 1. The monoisotopic (exact) mass is 321 g/mol. The van der Waals surface area contributed by atoms with E-state index in [9.17, 15) is 14.7 Å². The third-order valence-corrected chi connectivity index (χ3v) is 4.64. The fraction of sp³-hybridized carbons (Fsp3) is 0.706. The number of nitrogens with zero attached hydrogens (tertiary/aromatic N) is 3. The van der Waals surface area contributed by atoms with E-state index in [-0.39, 0.29) is 11.5 Å². The van der Waals surface area contributed by atoms with E-state index >= 15 is 0 Å². The molecule has 1 saturated heterocycles. The van der Waals surface area contributed by atoms with Crippen LogP contribution in [0.15, 0.2) is 4.79 Å². The number of aliphatic carboxylic acids is 1. The molecule has 128 valence electrons. The van der Waals surface area contributed by atoms with Gasteiger partial charge in [0.2, 0.25) is 0 Å². The number of likely N-dealkylation sites (tertiary alicyclic amines) is 1. The maximum atomic E-state index is 12.5. The lowest BCUT2D eigenvalue weighted by Crippen LogP contribution is -2.39. The summed E-state index contributed by atoms with van der Waals surface area (Å²) in [5.41, 5.74) is 2.04. The van der Waals surface area contributed by atoms with Gasteiger partial charge in [-0.2, -0.15) is 5.10 Å². The molecule has 0 amide bonds. The Labute approximate surface area is 137 Å². The van der Waals surface area contributed by atoms with Crippen LogP contribution < -0.4 is 5.56 Å². The molecule has 0 radical (unpaired) electrons. The zero-order valence-corrected chi connectivity index (χ0v) is 14.5. The third kappa shape index (κ3) is 3.99. The number of hydrogen-bond acceptors (Lipinski definition) is 4. The molecule has 0 aliphatic carbocycles. The number of aromatic nitrogens is 2. The molecule has 2 heterocycles. The van der Waals surface area contributed by atoms with Crippen molar-refractivity contribution < 1.29 is 9.90 Å². The van der Waals surface area contributed by atoms with E-state index < -0.39 is 12.0 Å². The van der Waals surface area contributed by atoms with Crippen molar-refractivity contribution in [3.63, 3.8) is 0 Å². The van der Waals surface area contributed by atoms with Gasteiger partial charge in [0.15, 0.2) is 6.04 Å². The van der Waals surface area contributed by atoms with Gasteiger partial charge in [-0.3, -0.25) is 4.79 Å². The van der Waals surface area contributed by atoms with E-state index in [1.807, 2.05) is 20.8 Å². The Bertz CT molecular complexity index is 633. The van der Waals surface area contributed by atoms with E-state index in [0.717, 1.165) is 37.3 Å². The summed E-state index contributed by atoms with van der Waals surface area (Å²) in [7, 11) is 0. The van der Waals surface area contributed by atoms with E-state index in [4.69, 9.17) is 0 Å². The summed E-state index contributed by atoms with van der Waals surface area (Å²) in [5.74, 6) is -0.818. The van der Waals surface area contributed by atoms with Crippen molar-refractivity contribution in [2.75, 3.05) is 19.6 Å². The van der Waals surface area contributed by atoms with Gasteiger partial charge in [0.25, 0.3) is 5.56 Å². The Hall–Kier alpha value is -1.69. The Morgan fingerprint density at radius 2 is 1.91 bits per heavy atom. The molecule has 2 rings (SSSR count). The number of hydrogen-bond donors (Lipinski definition) is 1. The Morgan fingerprint density at radius 3 is 2.39 bits per heavy atom. The highest BCUT2D eigenvalue weighted by Gasteiger charge is 2.25. The van der Waals surface area contributed by atoms with Gasteiger partial charge in [0.1, 0.15) is 0 Å². The molecule has 1 atom stereocenters. The first-order valence-electron chi connectivity index (χ1n) is 8.35. The molecule has 1 unspecified atom stereocenters. The summed E-state index contributed by atoms with van der Waals surface area (Å²) >= 11 is 0. The smallest absolute Gasteiger partial charge is 0.328 e. The Balaban J connectivity index is 2.35. The molecule has 0 spiro atoms. The minimum Gasteiger partial charge on any atom is -0.480 e. The average molecular weight is 321 g/mol. The van der Waals surface area contributed by atoms with Crippen molar-refractivity contribution in [3.8, 4) is 0 Å². The summed E-state index contributed by atoms with van der Waals surface area (Å²) in [6, 6.07) is -0.899. The Kier molecular flexibility index (Phi) is 5.57. The summed E-state index contributed by atoms with van der Waals surface area (Å²) in [4.78, 5) is 26.5. The molecule has 1 aromatic rings. The first kappa shape index (κ1) is 17.7. The normalized spacial score (nSPS) is 16.4. The molecule has 0 saturated carbocycles. The molecule has 23 heavy (non-hydrogen) atoms. The molecule has 6 nitrogen and oxygen atoms in total. The van der Waals surface area contributed by atoms with Gasteiger partial charge in [-0.05, 0) is 51.3 Å². The molecule has 1 aliphatic heterocycles. The highest BCUT2D eigenvalue weighted by molar-refractivity contribution is 5.71. The SMILES string of the molecule is Cc1c(CCN2CCC2)nn(C(CC(C)C)C(=O)O)c(=O)c1C. The zero-order chi connectivity index (χ0) is 17.1. The van der Waals surface area contributed by atoms with Crippen molar-refractivity contribution >= 4 is 5.97 Å². The van der Waals surface area contributed by atoms with Crippen LogP contribution in [0.2, 0.25) is 0 Å². The zero-order valence-electron chi connectivity index (χ0n) is 14.5. The molecule has 1 aliphatic rings. The second-order valence-electron chi connectivity index (χ2n) is 6.88. The topological polar surface area (TPSA) is 75.4 Å². The molecule has 0 bridgehead atoms. The van der Waals surface area contributed by atoms with Gasteiger partial charge in [-0.25, -0.2) is 9.48 Å². The largest absolute Gasteiger partial charge is 0.480 e. The lowest BCUT2D eigenvalue weighted by Gasteiger charge is -2.30. The maximum absolute atomic E-state index is 12.5. The van der Waals surface area contributed by atoms with Gasteiger partial charge in [-0.15, -0.1) is 0 Å². The molecule has 0 aromatic carbocycles. The Morgan fingerprint density at radius 1 is 1.26 bits per heavy atom. The third-order valence-electron chi connectivity index (χ3n) is 4.64. The van der Waals surface area contributed by atoms with Crippen LogP contribution in [0, 0.1) is 19.8 Å². The summed E-state index contributed by atoms with van der Waals surface area (Å²) in [6.07, 6.45) is 2.39. The molecular formula is C17H27N3O3. The van der Waals surface area contributed by atoms with Crippen molar-refractivity contribution in [1.82, 2.24) is 14.7 Å². The minimum absolute atomic E-state index is 0.177. The summed E-state index contributed by atoms with van der Waals surface area (Å²) < 4.78 is 1.19. The highest BCUT2D eigenvalue weighted by Crippen LogP contribution is 2.18. The number of rotatable bonds is 7. The quantitative estimate of drug-likeness (QED) is 0.828. The van der Waals surface area contributed by atoms with Crippen LogP contribution in [0.5, 0.6) is 0 Å². The lowest BCUT2D eigenvalue weighted by atomic mass is 10.0. The minimum atomic E-state index is -0.995. The summed E-state index contributed by atoms with van der Waals surface area (Å²) in [6.45, 7) is 10.7. The van der Waals surface area contributed by atoms with Crippen LogP contribution >= 0.6 is 0 Å². The van der Waals surface area contributed by atoms with Crippen LogP contribution in [-0.4, -0.2) is 45.4 Å². The molecular weight excluding hydrogens is 294 g/mol. The standard InChI is InChI=1S/C17H27N3O3/c1-11(2)10-15(17(22)23)20-16(21)13(4)12(3)14(18-20)6-9-19-7-5-8-19/h11,15H,5-10H2,1-4H3,(H,22,23). The van der Waals surface area contributed by atoms with Crippen LogP contribution in [0.1, 0.15) is 49.6 Å². The predicted octanol–water partition coefficient (Wildman–Crippen LogP) is 1.78. The van der Waals surface area contributed by atoms with Crippen LogP contribution in [0.3, 0.4) is 0 Å². The average Bonchev–Trinajstić information content (AvgIpc) is 2.43. The van der Waals surface area contributed by atoms with Crippen molar-refractivity contribution in [2.45, 2.75) is 53.0 Å². The molecule has 1 aromatic heterocycles. The van der Waals surface area contributed by atoms with Crippen LogP contribution in [0.4, 0.5) is 0 Å². The number of carbonyl (C=O) groups is 1. The summed E-state index contributed by atoms with van der Waals surface area (Å²) in [5, 5.41) is 13.9. The maximum Gasteiger partial charge on any atom is 0.328 e. The second-order valence-corrected chi connectivity index (χ2v) is 6.88. The van der Waals surface area contributed by atoms with Crippen molar-refractivity contribution in [2.24, 2.45) is 5.92 Å². The molecule has 1 N–H and O–H groups in total. The highest BCUT2D eigenvalue weighted by atomic mass is 16.4. The van der Waals surface area contributed by atoms with Crippen LogP contribution in [0.25, 0.3) is 0 Å². The van der Waals surface area contributed by atoms with Crippen molar-refractivity contribution in [3.05, 3.63) is 27.2 Å². The fourth-order valence-electron chi connectivity index (χ4n) is 2.87.